The zero-order chi connectivity index (χ0) is 26.1. The van der Waals surface area contributed by atoms with Crippen LogP contribution in [0.5, 0.6) is 0 Å². The average Bonchev–Trinajstić information content (AvgIpc) is 3.25. The number of amides is 2. The van der Waals surface area contributed by atoms with Crippen molar-refractivity contribution in [1.82, 2.24) is 14.9 Å². The highest BCUT2D eigenvalue weighted by Gasteiger charge is 2.48. The molecule has 0 spiro atoms. The number of alkyl halides is 6. The van der Waals surface area contributed by atoms with Crippen molar-refractivity contribution in [2.45, 2.75) is 25.1 Å². The first kappa shape index (κ1) is 25.5. The van der Waals surface area contributed by atoms with Crippen LogP contribution in [-0.2, 0) is 22.2 Å². The maximum absolute atomic E-state index is 13.2. The van der Waals surface area contributed by atoms with Crippen LogP contribution in [0.25, 0.3) is 0 Å². The molecule has 3 heterocycles. The summed E-state index contributed by atoms with van der Waals surface area (Å²) in [4.78, 5) is 19.4. The molecule has 1 saturated heterocycles. The number of urea groups is 1. The van der Waals surface area contributed by atoms with Crippen LogP contribution in [0.2, 0.25) is 0 Å². The van der Waals surface area contributed by atoms with Gasteiger partial charge in [-0.25, -0.2) is 14.8 Å². The van der Waals surface area contributed by atoms with E-state index in [0.717, 1.165) is 24.1 Å². The van der Waals surface area contributed by atoms with Crippen LogP contribution >= 0.6 is 0 Å². The van der Waals surface area contributed by atoms with Gasteiger partial charge in [0.2, 0.25) is 5.90 Å². The van der Waals surface area contributed by atoms with E-state index < -0.39 is 30.3 Å². The summed E-state index contributed by atoms with van der Waals surface area (Å²) in [5.74, 6) is -0.421. The number of hydrogen-bond donors (Lipinski definition) is 0. The average molecular weight is 517 g/mol. The number of benzene rings is 1. The van der Waals surface area contributed by atoms with Crippen LogP contribution in [0, 0.1) is 0 Å². The number of carbonyl (C=O) groups is 1. The zero-order valence-corrected chi connectivity index (χ0v) is 18.9. The van der Waals surface area contributed by atoms with Crippen molar-refractivity contribution in [2.75, 3.05) is 38.3 Å². The second-order valence-corrected chi connectivity index (χ2v) is 8.03. The summed E-state index contributed by atoms with van der Waals surface area (Å²) in [6.07, 6.45) is -11.5. The Morgan fingerprint density at radius 3 is 2.31 bits per heavy atom. The molecule has 2 aliphatic heterocycles. The number of rotatable bonds is 4. The Labute approximate surface area is 201 Å². The lowest BCUT2D eigenvalue weighted by Crippen LogP contribution is -2.48. The molecule has 14 heteroatoms. The van der Waals surface area contributed by atoms with Crippen LogP contribution in [0.1, 0.15) is 16.8 Å². The van der Waals surface area contributed by atoms with Gasteiger partial charge in [-0.3, -0.25) is 4.90 Å². The Bertz CT molecular complexity index is 1120. The van der Waals surface area contributed by atoms with Crippen LogP contribution in [-0.4, -0.2) is 72.6 Å². The molecule has 1 unspecified atom stereocenters. The Kier molecular flexibility index (Phi) is 6.98. The van der Waals surface area contributed by atoms with Gasteiger partial charge in [0.15, 0.2) is 0 Å². The van der Waals surface area contributed by atoms with Crippen molar-refractivity contribution in [3.8, 4) is 0 Å². The zero-order valence-electron chi connectivity index (χ0n) is 18.9. The van der Waals surface area contributed by atoms with Gasteiger partial charge >= 0.3 is 18.4 Å². The smallest absolute Gasteiger partial charge is 0.441 e. The van der Waals surface area contributed by atoms with Crippen molar-refractivity contribution in [2.24, 2.45) is 5.10 Å². The van der Waals surface area contributed by atoms with Gasteiger partial charge in [0.05, 0.1) is 19.8 Å². The summed E-state index contributed by atoms with van der Waals surface area (Å²) in [7, 11) is 1.14. The summed E-state index contributed by atoms with van der Waals surface area (Å²) in [5, 5.41) is 4.43. The number of morpholine rings is 1. The van der Waals surface area contributed by atoms with Gasteiger partial charge in [-0.15, -0.1) is 5.10 Å². The molecule has 0 radical (unpaired) electrons. The van der Waals surface area contributed by atoms with Gasteiger partial charge in [-0.05, 0) is 29.8 Å². The minimum Gasteiger partial charge on any atom is -0.441 e. The fourth-order valence-corrected chi connectivity index (χ4v) is 3.64. The van der Waals surface area contributed by atoms with E-state index in [1.54, 1.807) is 0 Å². The molecule has 1 atom stereocenters. The predicted octanol–water partition coefficient (Wildman–Crippen LogP) is 4.07. The number of hydrazone groups is 1. The first-order valence-electron chi connectivity index (χ1n) is 10.8. The monoisotopic (exact) mass is 517 g/mol. The molecule has 0 aliphatic carbocycles. The van der Waals surface area contributed by atoms with Gasteiger partial charge in [-0.2, -0.15) is 26.3 Å². The highest BCUT2D eigenvalue weighted by molar-refractivity contribution is 5.95. The second-order valence-electron chi connectivity index (χ2n) is 8.03. The fraction of sp³-hybridized carbons (Fsp3) is 0.409. The van der Waals surface area contributed by atoms with E-state index in [9.17, 15) is 31.1 Å². The Morgan fingerprint density at radius 2 is 1.72 bits per heavy atom. The van der Waals surface area contributed by atoms with Crippen LogP contribution in [0.3, 0.4) is 0 Å². The highest BCUT2D eigenvalue weighted by Crippen LogP contribution is 2.31. The summed E-state index contributed by atoms with van der Waals surface area (Å²) >= 11 is 0. The molecule has 2 aromatic rings. The minimum absolute atomic E-state index is 0.136. The van der Waals surface area contributed by atoms with Crippen molar-refractivity contribution in [3.63, 3.8) is 0 Å². The third-order valence-electron chi connectivity index (χ3n) is 5.45. The normalized spacial score (nSPS) is 18.6. The molecule has 4 rings (SSSR count). The Balaban J connectivity index is 1.58. The molecule has 0 bridgehead atoms. The molecule has 194 valence electrons. The topological polar surface area (TPSA) is 70.5 Å². The first-order valence-corrected chi connectivity index (χ1v) is 10.8. The number of carbonyl (C=O) groups excluding carboxylic acids is 1. The molecule has 1 fully saturated rings. The van der Waals surface area contributed by atoms with Crippen molar-refractivity contribution in [1.29, 1.82) is 0 Å². The summed E-state index contributed by atoms with van der Waals surface area (Å²) in [6, 6.07) is 8.68. The first-order chi connectivity index (χ1) is 16.9. The molecule has 8 nitrogen and oxygen atoms in total. The largest absolute Gasteiger partial charge is 0.447 e. The van der Waals surface area contributed by atoms with Crippen molar-refractivity contribution in [3.05, 3.63) is 59.3 Å². The molecule has 36 heavy (non-hydrogen) atoms. The lowest BCUT2D eigenvalue weighted by Gasteiger charge is -2.32. The highest BCUT2D eigenvalue weighted by atomic mass is 19.4. The third kappa shape index (κ3) is 5.64. The summed E-state index contributed by atoms with van der Waals surface area (Å²) < 4.78 is 89.0. The SMILES string of the molecule is CN1N=C(c2ccc(CN(C(=O)N3CCOCC3)c3cccc(C(F)(F)F)n3)cc2)OC1C(F)(F)F. The molecule has 1 aromatic heterocycles. The number of halogens is 6. The van der Waals surface area contributed by atoms with E-state index in [1.807, 2.05) is 0 Å². The molecule has 0 saturated carbocycles. The fourth-order valence-electron chi connectivity index (χ4n) is 3.64. The molecular weight excluding hydrogens is 496 g/mol. The van der Waals surface area contributed by atoms with Crippen LogP contribution < -0.4 is 4.90 Å². The van der Waals surface area contributed by atoms with E-state index in [1.165, 1.54) is 35.2 Å². The number of ether oxygens (including phenoxy) is 2. The van der Waals surface area contributed by atoms with Gasteiger partial charge < -0.3 is 14.4 Å². The number of nitrogens with zero attached hydrogens (tertiary/aromatic N) is 5. The lowest BCUT2D eigenvalue weighted by atomic mass is 10.1. The number of pyridine rings is 1. The third-order valence-corrected chi connectivity index (χ3v) is 5.45. The van der Waals surface area contributed by atoms with E-state index in [-0.39, 0.29) is 36.9 Å². The molecular formula is C22H21F6N5O3. The van der Waals surface area contributed by atoms with Gasteiger partial charge in [0.1, 0.15) is 11.5 Å². The molecule has 1 aromatic carbocycles. The molecule has 2 amide bonds. The maximum Gasteiger partial charge on any atom is 0.447 e. The Morgan fingerprint density at radius 1 is 1.06 bits per heavy atom. The number of anilines is 1. The van der Waals surface area contributed by atoms with E-state index in [2.05, 4.69) is 10.1 Å². The minimum atomic E-state index is -4.70. The van der Waals surface area contributed by atoms with Crippen molar-refractivity contribution >= 4 is 17.7 Å². The van der Waals surface area contributed by atoms with E-state index >= 15 is 0 Å². The van der Waals surface area contributed by atoms with Crippen LogP contribution in [0.15, 0.2) is 47.6 Å². The standard InChI is InChI=1S/C22H21F6N5O3/c1-31-19(22(26,27)28)36-18(30-31)15-7-5-14(6-8-15)13-33(20(34)32-9-11-35-12-10-32)17-4-2-3-16(29-17)21(23,24)25/h2-8,19H,9-13H2,1H3. The Hall–Kier alpha value is -3.55. The van der Waals surface area contributed by atoms with Gasteiger partial charge in [-0.1, -0.05) is 18.2 Å². The number of hydrogen-bond acceptors (Lipinski definition) is 6. The lowest BCUT2D eigenvalue weighted by molar-refractivity contribution is -0.230. The molecule has 2 aliphatic rings. The van der Waals surface area contributed by atoms with Crippen LogP contribution in [0.4, 0.5) is 37.0 Å². The van der Waals surface area contributed by atoms with Crippen molar-refractivity contribution < 1.29 is 40.6 Å². The summed E-state index contributed by atoms with van der Waals surface area (Å²) in [6.45, 7) is 0.972. The predicted molar refractivity (Wildman–Crippen MR) is 115 cm³/mol. The quantitative estimate of drug-likeness (QED) is 0.572. The molecule has 0 N–H and O–H groups in total. The summed E-state index contributed by atoms with van der Waals surface area (Å²) in [5.41, 5.74) is -0.380. The van der Waals surface area contributed by atoms with E-state index in [4.69, 9.17) is 9.47 Å². The second kappa shape index (κ2) is 9.84. The maximum atomic E-state index is 13.2. The van der Waals surface area contributed by atoms with Gasteiger partial charge in [0, 0.05) is 25.7 Å². The number of aromatic nitrogens is 1. The van der Waals surface area contributed by atoms with E-state index in [0.29, 0.717) is 23.8 Å². The van der Waals surface area contributed by atoms with Gasteiger partial charge in [0.25, 0.3) is 6.23 Å².